The number of carbonyl (C=O) groups excluding carboxylic acids is 1. The quantitative estimate of drug-likeness (QED) is 0.741. The topological polar surface area (TPSA) is 75.4 Å². The van der Waals surface area contributed by atoms with Crippen molar-refractivity contribution in [3.05, 3.63) is 35.4 Å². The average molecular weight is 248 g/mol. The predicted octanol–water partition coefficient (Wildman–Crippen LogP) is 0.922. The van der Waals surface area contributed by atoms with Crippen molar-refractivity contribution in [2.24, 2.45) is 11.7 Å². The first-order chi connectivity index (χ1) is 8.70. The van der Waals surface area contributed by atoms with Gasteiger partial charge in [0.15, 0.2) is 0 Å². The summed E-state index contributed by atoms with van der Waals surface area (Å²) >= 11 is 0. The molecule has 2 atom stereocenters. The van der Waals surface area contributed by atoms with E-state index >= 15 is 0 Å². The van der Waals surface area contributed by atoms with Crippen LogP contribution < -0.4 is 11.1 Å². The van der Waals surface area contributed by atoms with Crippen LogP contribution in [0.25, 0.3) is 0 Å². The summed E-state index contributed by atoms with van der Waals surface area (Å²) in [4.78, 5) is 11.9. The molecule has 1 aliphatic rings. The molecule has 1 aromatic rings. The highest BCUT2D eigenvalue weighted by Gasteiger charge is 2.29. The Labute approximate surface area is 107 Å². The minimum Gasteiger partial charge on any atom is -0.392 e. The first-order valence-electron chi connectivity index (χ1n) is 6.42. The summed E-state index contributed by atoms with van der Waals surface area (Å²) in [5, 5.41) is 11.9. The third-order valence-corrected chi connectivity index (χ3v) is 3.58. The molecule has 0 spiro atoms. The summed E-state index contributed by atoms with van der Waals surface area (Å²) in [7, 11) is 0. The van der Waals surface area contributed by atoms with Gasteiger partial charge < -0.3 is 16.2 Å². The van der Waals surface area contributed by atoms with Crippen molar-refractivity contribution in [3.8, 4) is 0 Å². The highest BCUT2D eigenvalue weighted by Crippen LogP contribution is 2.24. The molecule has 0 aliphatic heterocycles. The van der Waals surface area contributed by atoms with Gasteiger partial charge in [0.05, 0.1) is 12.5 Å². The maximum Gasteiger partial charge on any atom is 0.224 e. The van der Waals surface area contributed by atoms with E-state index in [9.17, 15) is 4.79 Å². The van der Waals surface area contributed by atoms with Crippen LogP contribution in [-0.2, 0) is 17.9 Å². The first kappa shape index (κ1) is 13.1. The third-order valence-electron chi connectivity index (χ3n) is 3.58. The lowest BCUT2D eigenvalue weighted by Gasteiger charge is -2.15. The van der Waals surface area contributed by atoms with Crippen molar-refractivity contribution >= 4 is 5.91 Å². The Hall–Kier alpha value is -1.39. The zero-order chi connectivity index (χ0) is 13.0. The average Bonchev–Trinajstić information content (AvgIpc) is 2.83. The molecule has 0 heterocycles. The Balaban J connectivity index is 1.85. The molecule has 1 fully saturated rings. The van der Waals surface area contributed by atoms with E-state index in [1.54, 1.807) is 0 Å². The number of hydrogen-bond donors (Lipinski definition) is 3. The zero-order valence-corrected chi connectivity index (χ0v) is 10.4. The van der Waals surface area contributed by atoms with Gasteiger partial charge in [-0.15, -0.1) is 0 Å². The van der Waals surface area contributed by atoms with Gasteiger partial charge in [-0.05, 0) is 24.0 Å². The number of nitrogens with one attached hydrogen (secondary N) is 1. The van der Waals surface area contributed by atoms with E-state index in [1.807, 2.05) is 24.3 Å². The Morgan fingerprint density at radius 3 is 2.50 bits per heavy atom. The Morgan fingerprint density at radius 2 is 1.94 bits per heavy atom. The van der Waals surface area contributed by atoms with E-state index < -0.39 is 0 Å². The molecule has 0 radical (unpaired) electrons. The number of carbonyl (C=O) groups is 1. The lowest BCUT2D eigenvalue weighted by Crippen LogP contribution is -2.38. The second-order valence-electron chi connectivity index (χ2n) is 4.89. The molecule has 4 heteroatoms. The minimum absolute atomic E-state index is 0.0155. The maximum atomic E-state index is 11.9. The Bertz CT molecular complexity index is 403. The molecule has 0 bridgehead atoms. The van der Waals surface area contributed by atoms with Gasteiger partial charge >= 0.3 is 0 Å². The minimum atomic E-state index is -0.0262. The van der Waals surface area contributed by atoms with Crippen LogP contribution in [-0.4, -0.2) is 17.1 Å². The molecule has 4 N–H and O–H groups in total. The van der Waals surface area contributed by atoms with Gasteiger partial charge in [-0.1, -0.05) is 30.7 Å². The largest absolute Gasteiger partial charge is 0.392 e. The summed E-state index contributed by atoms with van der Waals surface area (Å²) in [5.74, 6) is 0.0351. The van der Waals surface area contributed by atoms with Crippen LogP contribution in [0.2, 0.25) is 0 Å². The highest BCUT2D eigenvalue weighted by molar-refractivity contribution is 5.79. The molecule has 1 saturated carbocycles. The molecule has 1 amide bonds. The SMILES string of the molecule is NC1CCCC1C(=O)NCc1ccc(CO)cc1. The number of aliphatic hydroxyl groups excluding tert-OH is 1. The number of benzene rings is 1. The number of hydrogen-bond acceptors (Lipinski definition) is 3. The number of rotatable bonds is 4. The Kier molecular flexibility index (Phi) is 4.33. The fourth-order valence-electron chi connectivity index (χ4n) is 2.40. The summed E-state index contributed by atoms with van der Waals surface area (Å²) in [6.07, 6.45) is 2.89. The van der Waals surface area contributed by atoms with E-state index in [2.05, 4.69) is 5.32 Å². The number of nitrogens with two attached hydrogens (primary N) is 1. The molecule has 1 aliphatic carbocycles. The van der Waals surface area contributed by atoms with Crippen molar-refractivity contribution < 1.29 is 9.90 Å². The van der Waals surface area contributed by atoms with Crippen molar-refractivity contribution in [1.29, 1.82) is 0 Å². The molecule has 18 heavy (non-hydrogen) atoms. The lowest BCUT2D eigenvalue weighted by atomic mass is 10.0. The van der Waals surface area contributed by atoms with Crippen molar-refractivity contribution in [2.75, 3.05) is 0 Å². The van der Waals surface area contributed by atoms with Crippen LogP contribution >= 0.6 is 0 Å². The zero-order valence-electron chi connectivity index (χ0n) is 10.4. The van der Waals surface area contributed by atoms with E-state index in [0.29, 0.717) is 6.54 Å². The molecule has 98 valence electrons. The fourth-order valence-corrected chi connectivity index (χ4v) is 2.40. The summed E-state index contributed by atoms with van der Waals surface area (Å²) in [6.45, 7) is 0.567. The number of aliphatic hydroxyl groups is 1. The maximum absolute atomic E-state index is 11.9. The highest BCUT2D eigenvalue weighted by atomic mass is 16.3. The van der Waals surface area contributed by atoms with E-state index in [4.69, 9.17) is 10.8 Å². The second kappa shape index (κ2) is 5.98. The molecule has 2 unspecified atom stereocenters. The molecular weight excluding hydrogens is 228 g/mol. The smallest absolute Gasteiger partial charge is 0.224 e. The summed E-state index contributed by atoms with van der Waals surface area (Å²) in [6, 6.07) is 7.58. The molecular formula is C14H20N2O2. The van der Waals surface area contributed by atoms with Crippen molar-refractivity contribution in [1.82, 2.24) is 5.32 Å². The van der Waals surface area contributed by atoms with Crippen LogP contribution in [0.3, 0.4) is 0 Å². The number of amides is 1. The van der Waals surface area contributed by atoms with E-state index in [-0.39, 0.29) is 24.5 Å². The normalized spacial score (nSPS) is 23.0. The van der Waals surface area contributed by atoms with Crippen LogP contribution in [0.15, 0.2) is 24.3 Å². The van der Waals surface area contributed by atoms with Crippen LogP contribution in [0, 0.1) is 5.92 Å². The molecule has 2 rings (SSSR count). The van der Waals surface area contributed by atoms with Crippen LogP contribution in [0.1, 0.15) is 30.4 Å². The van der Waals surface area contributed by atoms with Gasteiger partial charge in [0.1, 0.15) is 0 Å². The monoisotopic (exact) mass is 248 g/mol. The fraction of sp³-hybridized carbons (Fsp3) is 0.500. The lowest BCUT2D eigenvalue weighted by molar-refractivity contribution is -0.125. The van der Waals surface area contributed by atoms with Crippen LogP contribution in [0.4, 0.5) is 0 Å². The van der Waals surface area contributed by atoms with Gasteiger partial charge in [-0.25, -0.2) is 0 Å². The summed E-state index contributed by atoms with van der Waals surface area (Å²) < 4.78 is 0. The second-order valence-corrected chi connectivity index (χ2v) is 4.89. The molecule has 4 nitrogen and oxygen atoms in total. The van der Waals surface area contributed by atoms with Gasteiger partial charge in [0.2, 0.25) is 5.91 Å². The molecule has 0 aromatic heterocycles. The van der Waals surface area contributed by atoms with E-state index in [1.165, 1.54) is 0 Å². The van der Waals surface area contributed by atoms with Gasteiger partial charge in [-0.2, -0.15) is 0 Å². The summed E-state index contributed by atoms with van der Waals surface area (Å²) in [5.41, 5.74) is 7.81. The third kappa shape index (κ3) is 3.09. The standard InChI is InChI=1S/C14H20N2O2/c15-13-3-1-2-12(13)14(18)16-8-10-4-6-11(9-17)7-5-10/h4-7,12-13,17H,1-3,8-9,15H2,(H,16,18). The van der Waals surface area contributed by atoms with Gasteiger partial charge in [0.25, 0.3) is 0 Å². The Morgan fingerprint density at radius 1 is 1.28 bits per heavy atom. The van der Waals surface area contributed by atoms with Crippen molar-refractivity contribution in [3.63, 3.8) is 0 Å². The predicted molar refractivity (Wildman–Crippen MR) is 69.5 cm³/mol. The van der Waals surface area contributed by atoms with Crippen molar-refractivity contribution in [2.45, 2.75) is 38.5 Å². The first-order valence-corrected chi connectivity index (χ1v) is 6.42. The molecule has 0 saturated heterocycles. The molecule has 1 aromatic carbocycles. The van der Waals surface area contributed by atoms with Gasteiger partial charge in [0, 0.05) is 12.6 Å². The van der Waals surface area contributed by atoms with E-state index in [0.717, 1.165) is 30.4 Å². The van der Waals surface area contributed by atoms with Gasteiger partial charge in [-0.3, -0.25) is 4.79 Å². The van der Waals surface area contributed by atoms with Crippen LogP contribution in [0.5, 0.6) is 0 Å².